The van der Waals surface area contributed by atoms with Crippen LogP contribution in [0, 0.1) is 6.92 Å². The van der Waals surface area contributed by atoms with Gasteiger partial charge in [-0.25, -0.2) is 9.97 Å². The summed E-state index contributed by atoms with van der Waals surface area (Å²) in [4.78, 5) is 18.3. The Labute approximate surface area is 112 Å². The number of alkyl halides is 3. The van der Waals surface area contributed by atoms with Crippen LogP contribution in [-0.2, 0) is 4.79 Å². The maximum absolute atomic E-state index is 10.4. The number of hydrogen-bond acceptors (Lipinski definition) is 4. The highest BCUT2D eigenvalue weighted by Crippen LogP contribution is 2.38. The van der Waals surface area contributed by atoms with Crippen molar-refractivity contribution in [2.75, 3.05) is 0 Å². The molecule has 0 radical (unpaired) electrons. The summed E-state index contributed by atoms with van der Waals surface area (Å²) in [5, 5.41) is 2.34. The van der Waals surface area contributed by atoms with E-state index in [0.29, 0.717) is 11.4 Å². The minimum Gasteiger partial charge on any atom is -0.342 e. The molecule has 16 heavy (non-hydrogen) atoms. The van der Waals surface area contributed by atoms with Gasteiger partial charge in [0.2, 0.25) is 10.2 Å². The molecule has 0 saturated heterocycles. The number of carbonyl (C=O) groups excluding carboxylic acids is 1. The van der Waals surface area contributed by atoms with Gasteiger partial charge in [-0.2, -0.15) is 0 Å². The molecule has 0 aliphatic rings. The highest BCUT2D eigenvalue weighted by atomic mass is 35.6. The number of thioether (sulfide) groups is 1. The summed E-state index contributed by atoms with van der Waals surface area (Å²) in [6, 6.07) is 1.74. The summed E-state index contributed by atoms with van der Waals surface area (Å²) in [7, 11) is 0. The van der Waals surface area contributed by atoms with Gasteiger partial charge in [0.15, 0.2) is 0 Å². The zero-order valence-corrected chi connectivity index (χ0v) is 11.2. The molecule has 0 bridgehead atoms. The molecule has 8 heteroatoms. The van der Waals surface area contributed by atoms with Gasteiger partial charge < -0.3 is 5.32 Å². The Bertz CT molecular complexity index is 372. The lowest BCUT2D eigenvalue weighted by Crippen LogP contribution is -2.36. The zero-order valence-electron chi connectivity index (χ0n) is 8.15. The number of aromatic nitrogens is 2. The van der Waals surface area contributed by atoms with Crippen molar-refractivity contribution < 1.29 is 4.79 Å². The summed E-state index contributed by atoms with van der Waals surface area (Å²) in [6.07, 6.45) is 1.89. The van der Waals surface area contributed by atoms with Crippen LogP contribution < -0.4 is 5.32 Å². The number of aryl methyl sites for hydroxylation is 1. The third-order valence-electron chi connectivity index (χ3n) is 1.53. The van der Waals surface area contributed by atoms with Crippen molar-refractivity contribution in [3.05, 3.63) is 18.1 Å². The molecule has 0 aromatic carbocycles. The van der Waals surface area contributed by atoms with Crippen LogP contribution in [0.25, 0.3) is 0 Å². The molecule has 0 fully saturated rings. The number of amides is 1. The Morgan fingerprint density at radius 3 is 2.69 bits per heavy atom. The monoisotopic (exact) mass is 299 g/mol. The molecule has 1 rings (SSSR count). The van der Waals surface area contributed by atoms with Crippen LogP contribution >= 0.6 is 46.6 Å². The Kier molecular flexibility index (Phi) is 5.11. The Balaban J connectivity index is 2.79. The smallest absolute Gasteiger partial charge is 0.220 e. The van der Waals surface area contributed by atoms with E-state index in [2.05, 4.69) is 15.3 Å². The number of carbonyl (C=O) groups is 1. The number of nitrogens with zero attached hydrogens (tertiary/aromatic N) is 2. The lowest BCUT2D eigenvalue weighted by molar-refractivity contribution is -0.109. The predicted molar refractivity (Wildman–Crippen MR) is 65.9 cm³/mol. The van der Waals surface area contributed by atoms with E-state index in [1.807, 2.05) is 6.92 Å². The van der Waals surface area contributed by atoms with E-state index in [1.54, 1.807) is 6.07 Å². The maximum Gasteiger partial charge on any atom is 0.220 e. The van der Waals surface area contributed by atoms with Crippen molar-refractivity contribution in [1.82, 2.24) is 15.3 Å². The fraction of sp³-hybridized carbons (Fsp3) is 0.375. The van der Waals surface area contributed by atoms with Crippen molar-refractivity contribution in [1.29, 1.82) is 0 Å². The summed E-state index contributed by atoms with van der Waals surface area (Å²) in [5.41, 5.74) is 0.798. The molecule has 0 aliphatic heterocycles. The van der Waals surface area contributed by atoms with Gasteiger partial charge in [0, 0.05) is 5.69 Å². The fourth-order valence-corrected chi connectivity index (χ4v) is 2.31. The van der Waals surface area contributed by atoms with Crippen LogP contribution in [0.4, 0.5) is 0 Å². The molecule has 88 valence electrons. The van der Waals surface area contributed by atoms with E-state index >= 15 is 0 Å². The van der Waals surface area contributed by atoms with E-state index in [0.717, 1.165) is 17.5 Å². The number of rotatable bonds is 4. The van der Waals surface area contributed by atoms with Crippen LogP contribution in [0.3, 0.4) is 0 Å². The van der Waals surface area contributed by atoms with E-state index in [-0.39, 0.29) is 0 Å². The summed E-state index contributed by atoms with van der Waals surface area (Å²) in [6.45, 7) is 1.82. The van der Waals surface area contributed by atoms with Gasteiger partial charge in [-0.15, -0.1) is 0 Å². The fourth-order valence-electron chi connectivity index (χ4n) is 0.872. The quantitative estimate of drug-likeness (QED) is 0.305. The summed E-state index contributed by atoms with van der Waals surface area (Å²) >= 11 is 18.3. The SMILES string of the molecule is Cc1cc(S[C@@H](NC=O)C(Cl)(Cl)Cl)ncn1. The van der Waals surface area contributed by atoms with Gasteiger partial charge in [0.1, 0.15) is 16.7 Å². The molecule has 1 N–H and O–H groups in total. The van der Waals surface area contributed by atoms with Gasteiger partial charge in [0.05, 0.1) is 0 Å². The Morgan fingerprint density at radius 1 is 1.50 bits per heavy atom. The average molecular weight is 301 g/mol. The highest BCUT2D eigenvalue weighted by molar-refractivity contribution is 8.00. The van der Waals surface area contributed by atoms with E-state index in [4.69, 9.17) is 34.8 Å². The summed E-state index contributed by atoms with van der Waals surface area (Å²) in [5.74, 6) is 0. The summed E-state index contributed by atoms with van der Waals surface area (Å²) < 4.78 is -1.61. The Hall–Kier alpha value is -0.230. The van der Waals surface area contributed by atoms with Gasteiger partial charge in [-0.3, -0.25) is 4.79 Å². The van der Waals surface area contributed by atoms with Crippen LogP contribution in [0.1, 0.15) is 5.69 Å². The first kappa shape index (κ1) is 13.8. The molecular weight excluding hydrogens is 293 g/mol. The second-order valence-corrected chi connectivity index (χ2v) is 6.32. The first-order chi connectivity index (χ1) is 7.43. The highest BCUT2D eigenvalue weighted by Gasteiger charge is 2.33. The van der Waals surface area contributed by atoms with Crippen molar-refractivity contribution in [2.45, 2.75) is 21.1 Å². The molecule has 0 spiro atoms. The lowest BCUT2D eigenvalue weighted by Gasteiger charge is -2.22. The van der Waals surface area contributed by atoms with Gasteiger partial charge in [0.25, 0.3) is 0 Å². The van der Waals surface area contributed by atoms with E-state index in [9.17, 15) is 4.79 Å². The first-order valence-corrected chi connectivity index (χ1v) is 6.16. The van der Waals surface area contributed by atoms with Crippen molar-refractivity contribution in [2.24, 2.45) is 0 Å². The Morgan fingerprint density at radius 2 is 2.19 bits per heavy atom. The molecule has 1 amide bonds. The molecule has 0 unspecified atom stereocenters. The van der Waals surface area contributed by atoms with E-state index < -0.39 is 9.17 Å². The van der Waals surface area contributed by atoms with Crippen LogP contribution in [0.2, 0.25) is 0 Å². The topological polar surface area (TPSA) is 54.9 Å². The van der Waals surface area contributed by atoms with Crippen LogP contribution in [0.15, 0.2) is 17.4 Å². The van der Waals surface area contributed by atoms with Gasteiger partial charge >= 0.3 is 0 Å². The molecule has 1 aromatic heterocycles. The van der Waals surface area contributed by atoms with Crippen LogP contribution in [0.5, 0.6) is 0 Å². The third kappa shape index (κ3) is 4.33. The lowest BCUT2D eigenvalue weighted by atomic mass is 10.5. The maximum atomic E-state index is 10.4. The van der Waals surface area contributed by atoms with Crippen molar-refractivity contribution in [3.63, 3.8) is 0 Å². The minimum atomic E-state index is -1.61. The van der Waals surface area contributed by atoms with Crippen molar-refractivity contribution >= 4 is 53.0 Å². The largest absolute Gasteiger partial charge is 0.342 e. The zero-order chi connectivity index (χ0) is 12.2. The molecule has 0 aliphatic carbocycles. The minimum absolute atomic E-state index is 0.480. The number of halogens is 3. The molecule has 1 aromatic rings. The molecule has 4 nitrogen and oxygen atoms in total. The second-order valence-electron chi connectivity index (χ2n) is 2.82. The van der Waals surface area contributed by atoms with Crippen molar-refractivity contribution in [3.8, 4) is 0 Å². The molecule has 1 heterocycles. The third-order valence-corrected chi connectivity index (χ3v) is 3.77. The van der Waals surface area contributed by atoms with Gasteiger partial charge in [-0.05, 0) is 13.0 Å². The number of nitrogens with one attached hydrogen (secondary N) is 1. The normalized spacial score (nSPS) is 13.2. The van der Waals surface area contributed by atoms with E-state index in [1.165, 1.54) is 6.33 Å². The van der Waals surface area contributed by atoms with Crippen LogP contribution in [-0.4, -0.2) is 25.5 Å². The second kappa shape index (κ2) is 5.91. The first-order valence-electron chi connectivity index (χ1n) is 4.15. The molecule has 1 atom stereocenters. The molecule has 0 saturated carbocycles. The average Bonchev–Trinajstić information content (AvgIpc) is 2.16. The van der Waals surface area contributed by atoms with Gasteiger partial charge in [-0.1, -0.05) is 46.6 Å². The predicted octanol–water partition coefficient (Wildman–Crippen LogP) is 2.32. The number of hydrogen-bond donors (Lipinski definition) is 1. The standard InChI is InChI=1S/C8H8Cl3N3OS/c1-5-2-6(13-3-12-5)16-7(14-4-15)8(9,10)11/h2-4,7H,1H3,(H,14,15)/t7-/m1/s1. The molecular formula is C8H8Cl3N3OS.